The van der Waals surface area contributed by atoms with Crippen molar-refractivity contribution in [3.63, 3.8) is 0 Å². The summed E-state index contributed by atoms with van der Waals surface area (Å²) in [7, 11) is 0. The zero-order chi connectivity index (χ0) is 21.3. The summed E-state index contributed by atoms with van der Waals surface area (Å²) in [6.45, 7) is 9.29. The number of hydrogen-bond acceptors (Lipinski definition) is 4. The van der Waals surface area contributed by atoms with Crippen LogP contribution < -0.4 is 5.32 Å². The van der Waals surface area contributed by atoms with Gasteiger partial charge in [0.15, 0.2) is 0 Å². The molecule has 0 aliphatic carbocycles. The number of imide groups is 1. The third kappa shape index (κ3) is 4.33. The van der Waals surface area contributed by atoms with E-state index in [4.69, 9.17) is 0 Å². The van der Waals surface area contributed by atoms with Gasteiger partial charge in [0.2, 0.25) is 5.91 Å². The first-order chi connectivity index (χ1) is 13.7. The van der Waals surface area contributed by atoms with Crippen LogP contribution in [0.4, 0.5) is 0 Å². The number of benzene rings is 1. The van der Waals surface area contributed by atoms with Gasteiger partial charge >= 0.3 is 0 Å². The van der Waals surface area contributed by atoms with Crippen molar-refractivity contribution in [1.82, 2.24) is 15.1 Å². The lowest BCUT2D eigenvalue weighted by molar-refractivity contribution is -0.135. The molecule has 156 valence electrons. The zero-order valence-corrected chi connectivity index (χ0v) is 17.5. The number of carbonyl (C=O) groups excluding carboxylic acids is 4. The lowest BCUT2D eigenvalue weighted by Crippen LogP contribution is -2.47. The average Bonchev–Trinajstić information content (AvgIpc) is 2.92. The molecule has 7 heteroatoms. The Morgan fingerprint density at radius 3 is 2.24 bits per heavy atom. The van der Waals surface area contributed by atoms with Crippen LogP contribution in [0.15, 0.2) is 18.2 Å². The van der Waals surface area contributed by atoms with Crippen LogP contribution in [0.5, 0.6) is 0 Å². The summed E-state index contributed by atoms with van der Waals surface area (Å²) in [6, 6.07) is 4.66. The first-order valence-corrected chi connectivity index (χ1v) is 10.3. The Kier molecular flexibility index (Phi) is 6.05. The van der Waals surface area contributed by atoms with E-state index in [0.29, 0.717) is 49.2 Å². The summed E-state index contributed by atoms with van der Waals surface area (Å²) in [6.07, 6.45) is 1.41. The highest BCUT2D eigenvalue weighted by Crippen LogP contribution is 2.25. The van der Waals surface area contributed by atoms with E-state index in [1.54, 1.807) is 12.1 Å². The topological polar surface area (TPSA) is 86.8 Å². The second-order valence-electron chi connectivity index (χ2n) is 8.60. The van der Waals surface area contributed by atoms with Crippen LogP contribution in [0.1, 0.15) is 71.6 Å². The van der Waals surface area contributed by atoms with Crippen molar-refractivity contribution in [2.24, 2.45) is 11.8 Å². The van der Waals surface area contributed by atoms with Gasteiger partial charge in [0, 0.05) is 37.2 Å². The maximum absolute atomic E-state index is 12.7. The van der Waals surface area contributed by atoms with Crippen LogP contribution >= 0.6 is 0 Å². The number of piperidine rings is 1. The van der Waals surface area contributed by atoms with Gasteiger partial charge in [0.05, 0.1) is 11.1 Å². The Morgan fingerprint density at radius 1 is 1.03 bits per heavy atom. The van der Waals surface area contributed by atoms with E-state index >= 15 is 0 Å². The molecular formula is C22H29N3O4. The minimum absolute atomic E-state index is 0.0123. The minimum Gasteiger partial charge on any atom is -0.349 e. The fourth-order valence-electron chi connectivity index (χ4n) is 3.84. The molecule has 1 saturated heterocycles. The third-order valence-electron chi connectivity index (χ3n) is 5.42. The van der Waals surface area contributed by atoms with E-state index in [1.165, 1.54) is 11.0 Å². The predicted molar refractivity (Wildman–Crippen MR) is 109 cm³/mol. The van der Waals surface area contributed by atoms with Gasteiger partial charge in [-0.2, -0.15) is 0 Å². The van der Waals surface area contributed by atoms with Crippen molar-refractivity contribution >= 4 is 23.6 Å². The van der Waals surface area contributed by atoms with Crippen molar-refractivity contribution in [1.29, 1.82) is 0 Å². The van der Waals surface area contributed by atoms with E-state index in [9.17, 15) is 19.2 Å². The number of rotatable bonds is 5. The largest absolute Gasteiger partial charge is 0.349 e. The Balaban J connectivity index is 1.64. The molecule has 1 aromatic carbocycles. The van der Waals surface area contributed by atoms with E-state index in [-0.39, 0.29) is 41.5 Å². The fraction of sp³-hybridized carbons (Fsp3) is 0.545. The molecule has 4 amide bonds. The summed E-state index contributed by atoms with van der Waals surface area (Å²) < 4.78 is 0. The second kappa shape index (κ2) is 8.35. The number of amides is 4. The molecule has 0 unspecified atom stereocenters. The van der Waals surface area contributed by atoms with Gasteiger partial charge in [-0.1, -0.05) is 27.7 Å². The smallest absolute Gasteiger partial charge is 0.261 e. The van der Waals surface area contributed by atoms with Crippen molar-refractivity contribution in [2.75, 3.05) is 19.6 Å². The molecule has 2 aliphatic rings. The zero-order valence-electron chi connectivity index (χ0n) is 17.5. The summed E-state index contributed by atoms with van der Waals surface area (Å²) in [4.78, 5) is 52.9. The first-order valence-electron chi connectivity index (χ1n) is 10.3. The Labute approximate surface area is 171 Å². The predicted octanol–water partition coefficient (Wildman–Crippen LogP) is 2.32. The monoisotopic (exact) mass is 399 g/mol. The van der Waals surface area contributed by atoms with E-state index in [0.717, 1.165) is 0 Å². The lowest BCUT2D eigenvalue weighted by Gasteiger charge is -2.33. The van der Waals surface area contributed by atoms with Crippen LogP contribution in [-0.4, -0.2) is 59.1 Å². The van der Waals surface area contributed by atoms with Crippen LogP contribution in [0.3, 0.4) is 0 Å². The molecule has 1 N–H and O–H groups in total. The first kappa shape index (κ1) is 21.0. The molecule has 2 heterocycles. The Hall–Kier alpha value is -2.70. The highest BCUT2D eigenvalue weighted by atomic mass is 16.2. The SMILES string of the molecule is CC(C)CN1C(=O)c2ccc(C(=O)NC3CCN(C(=O)C(C)C)CC3)cc2C1=O. The van der Waals surface area contributed by atoms with Gasteiger partial charge < -0.3 is 10.2 Å². The number of nitrogens with zero attached hydrogens (tertiary/aromatic N) is 2. The van der Waals surface area contributed by atoms with Crippen molar-refractivity contribution in [3.05, 3.63) is 34.9 Å². The summed E-state index contributed by atoms with van der Waals surface area (Å²) in [5, 5.41) is 3.00. The summed E-state index contributed by atoms with van der Waals surface area (Å²) in [5.41, 5.74) is 1.02. The van der Waals surface area contributed by atoms with Crippen molar-refractivity contribution < 1.29 is 19.2 Å². The molecule has 29 heavy (non-hydrogen) atoms. The van der Waals surface area contributed by atoms with Crippen LogP contribution in [-0.2, 0) is 4.79 Å². The van der Waals surface area contributed by atoms with Gasteiger partial charge in [-0.05, 0) is 37.0 Å². The van der Waals surface area contributed by atoms with Gasteiger partial charge in [-0.25, -0.2) is 0 Å². The molecule has 3 rings (SSSR count). The summed E-state index contributed by atoms with van der Waals surface area (Å²) >= 11 is 0. The summed E-state index contributed by atoms with van der Waals surface area (Å²) in [5.74, 6) is -0.607. The molecule has 1 aromatic rings. The molecule has 0 spiro atoms. The number of hydrogen-bond donors (Lipinski definition) is 1. The lowest BCUT2D eigenvalue weighted by atomic mass is 10.0. The van der Waals surface area contributed by atoms with Gasteiger partial charge in [0.25, 0.3) is 17.7 Å². The molecule has 0 aromatic heterocycles. The number of fused-ring (bicyclic) bond motifs is 1. The van der Waals surface area contributed by atoms with Gasteiger partial charge in [-0.15, -0.1) is 0 Å². The maximum Gasteiger partial charge on any atom is 0.261 e. The maximum atomic E-state index is 12.7. The second-order valence-corrected chi connectivity index (χ2v) is 8.60. The molecule has 0 bridgehead atoms. The van der Waals surface area contributed by atoms with E-state index in [1.807, 2.05) is 32.6 Å². The standard InChI is InChI=1S/C22H29N3O4/c1-13(2)12-25-21(28)17-6-5-15(11-18(17)22(25)29)19(26)23-16-7-9-24(10-8-16)20(27)14(3)4/h5-6,11,13-14,16H,7-10,12H2,1-4H3,(H,23,26). The highest BCUT2D eigenvalue weighted by Gasteiger charge is 2.36. The number of likely N-dealkylation sites (tertiary alicyclic amines) is 1. The number of nitrogens with one attached hydrogen (secondary N) is 1. The van der Waals surface area contributed by atoms with E-state index < -0.39 is 0 Å². The quantitative estimate of drug-likeness (QED) is 0.770. The normalized spacial score (nSPS) is 17.3. The molecule has 0 radical (unpaired) electrons. The highest BCUT2D eigenvalue weighted by molar-refractivity contribution is 6.22. The minimum atomic E-state index is -0.339. The average molecular weight is 399 g/mol. The molecule has 7 nitrogen and oxygen atoms in total. The third-order valence-corrected chi connectivity index (χ3v) is 5.42. The van der Waals surface area contributed by atoms with Gasteiger partial charge in [0.1, 0.15) is 0 Å². The van der Waals surface area contributed by atoms with Crippen LogP contribution in [0.2, 0.25) is 0 Å². The van der Waals surface area contributed by atoms with Crippen molar-refractivity contribution in [3.8, 4) is 0 Å². The van der Waals surface area contributed by atoms with Crippen molar-refractivity contribution in [2.45, 2.75) is 46.6 Å². The molecule has 2 aliphatic heterocycles. The van der Waals surface area contributed by atoms with E-state index in [2.05, 4.69) is 5.32 Å². The number of carbonyl (C=O) groups is 4. The molecular weight excluding hydrogens is 370 g/mol. The van der Waals surface area contributed by atoms with Gasteiger partial charge in [-0.3, -0.25) is 24.1 Å². The van der Waals surface area contributed by atoms with Crippen LogP contribution in [0, 0.1) is 11.8 Å². The molecule has 0 saturated carbocycles. The molecule has 0 atom stereocenters. The fourth-order valence-corrected chi connectivity index (χ4v) is 3.84. The Morgan fingerprint density at radius 2 is 1.66 bits per heavy atom. The van der Waals surface area contributed by atoms with Crippen LogP contribution in [0.25, 0.3) is 0 Å². The Bertz CT molecular complexity index is 838. The molecule has 1 fully saturated rings.